The zero-order chi connectivity index (χ0) is 17.4. The van der Waals surface area contributed by atoms with Crippen LogP contribution in [0.15, 0.2) is 41.3 Å². The molecule has 0 aliphatic heterocycles. The van der Waals surface area contributed by atoms with Crippen LogP contribution in [0.2, 0.25) is 5.02 Å². The molecule has 0 unspecified atom stereocenters. The highest BCUT2D eigenvalue weighted by molar-refractivity contribution is 7.92. The van der Waals surface area contributed by atoms with Crippen LogP contribution in [0, 0.1) is 13.8 Å². The highest BCUT2D eigenvalue weighted by Gasteiger charge is 2.34. The Morgan fingerprint density at radius 1 is 1.00 bits per heavy atom. The van der Waals surface area contributed by atoms with Gasteiger partial charge in [-0.3, -0.25) is 4.72 Å². The maximum atomic E-state index is 12.8. The summed E-state index contributed by atoms with van der Waals surface area (Å²) in [6, 6.07) is 7.33. The first-order chi connectivity index (χ1) is 10.5. The summed E-state index contributed by atoms with van der Waals surface area (Å²) in [6.07, 6.45) is -4.73. The van der Waals surface area contributed by atoms with E-state index in [2.05, 4.69) is 4.72 Å². The van der Waals surface area contributed by atoms with Crippen molar-refractivity contribution in [2.75, 3.05) is 4.72 Å². The molecule has 124 valence electrons. The maximum absolute atomic E-state index is 12.8. The monoisotopic (exact) mass is 363 g/mol. The van der Waals surface area contributed by atoms with Crippen LogP contribution in [0.5, 0.6) is 0 Å². The average molecular weight is 364 g/mol. The molecular weight excluding hydrogens is 351 g/mol. The number of anilines is 1. The fourth-order valence-corrected chi connectivity index (χ4v) is 3.21. The smallest absolute Gasteiger partial charge is 0.280 e. The van der Waals surface area contributed by atoms with E-state index in [1.54, 1.807) is 25.1 Å². The number of halogens is 4. The number of benzene rings is 2. The molecule has 0 amide bonds. The van der Waals surface area contributed by atoms with Gasteiger partial charge in [0.25, 0.3) is 10.0 Å². The van der Waals surface area contributed by atoms with Gasteiger partial charge in [0.2, 0.25) is 0 Å². The van der Waals surface area contributed by atoms with Crippen LogP contribution in [-0.2, 0) is 16.2 Å². The Morgan fingerprint density at radius 3 is 2.22 bits per heavy atom. The van der Waals surface area contributed by atoms with Crippen LogP contribution in [0.4, 0.5) is 18.9 Å². The van der Waals surface area contributed by atoms with Gasteiger partial charge in [-0.1, -0.05) is 17.7 Å². The summed E-state index contributed by atoms with van der Waals surface area (Å²) >= 11 is 5.49. The molecule has 0 spiro atoms. The minimum Gasteiger partial charge on any atom is -0.280 e. The molecule has 0 aliphatic rings. The molecule has 2 aromatic carbocycles. The zero-order valence-corrected chi connectivity index (χ0v) is 13.8. The van der Waals surface area contributed by atoms with Crippen LogP contribution in [0.25, 0.3) is 0 Å². The van der Waals surface area contributed by atoms with Gasteiger partial charge in [0, 0.05) is 5.69 Å². The van der Waals surface area contributed by atoms with E-state index in [1.807, 2.05) is 6.92 Å². The lowest BCUT2D eigenvalue weighted by molar-refractivity contribution is -0.137. The van der Waals surface area contributed by atoms with E-state index in [1.165, 1.54) is 0 Å². The normalized spacial score (nSPS) is 12.3. The number of nitrogens with one attached hydrogen (secondary N) is 1. The SMILES string of the molecule is Cc1ccc(NS(=O)(=O)c2ccc(Cl)c(C(F)(F)F)c2)cc1C. The van der Waals surface area contributed by atoms with Gasteiger partial charge in [0.1, 0.15) is 0 Å². The third kappa shape index (κ3) is 3.97. The predicted octanol–water partition coefficient (Wildman–Crippen LogP) is 4.78. The summed E-state index contributed by atoms with van der Waals surface area (Å²) in [5.41, 5.74) is 0.912. The van der Waals surface area contributed by atoms with E-state index in [0.717, 1.165) is 23.3 Å². The largest absolute Gasteiger partial charge is 0.417 e. The van der Waals surface area contributed by atoms with E-state index in [0.29, 0.717) is 6.07 Å². The van der Waals surface area contributed by atoms with E-state index >= 15 is 0 Å². The van der Waals surface area contributed by atoms with Gasteiger partial charge in [-0.15, -0.1) is 0 Å². The summed E-state index contributed by atoms with van der Waals surface area (Å²) in [4.78, 5) is -0.507. The zero-order valence-electron chi connectivity index (χ0n) is 12.2. The Hall–Kier alpha value is -1.73. The molecule has 23 heavy (non-hydrogen) atoms. The van der Waals surface area contributed by atoms with Crippen molar-refractivity contribution in [3.05, 3.63) is 58.1 Å². The van der Waals surface area contributed by atoms with Crippen LogP contribution >= 0.6 is 11.6 Å². The van der Waals surface area contributed by atoms with Crippen LogP contribution < -0.4 is 4.72 Å². The second kappa shape index (κ2) is 6.05. The Balaban J connectivity index is 2.42. The molecule has 0 fully saturated rings. The summed E-state index contributed by atoms with van der Waals surface area (Å²) in [5.74, 6) is 0. The van der Waals surface area contributed by atoms with E-state index in [9.17, 15) is 21.6 Å². The minimum atomic E-state index is -4.73. The third-order valence-electron chi connectivity index (χ3n) is 3.31. The van der Waals surface area contributed by atoms with Crippen molar-refractivity contribution < 1.29 is 21.6 Å². The first kappa shape index (κ1) is 17.6. The second-order valence-electron chi connectivity index (χ2n) is 5.04. The fraction of sp³-hybridized carbons (Fsp3) is 0.200. The number of sulfonamides is 1. The van der Waals surface area contributed by atoms with Crippen molar-refractivity contribution in [3.8, 4) is 0 Å². The first-order valence-electron chi connectivity index (χ1n) is 6.47. The summed E-state index contributed by atoms with van der Waals surface area (Å²) in [6.45, 7) is 3.67. The Bertz CT molecular complexity index is 848. The maximum Gasteiger partial charge on any atom is 0.417 e. The van der Waals surface area contributed by atoms with Gasteiger partial charge < -0.3 is 0 Å². The van der Waals surface area contributed by atoms with Crippen molar-refractivity contribution in [2.45, 2.75) is 24.9 Å². The summed E-state index contributed by atoms with van der Waals surface area (Å²) in [7, 11) is -4.15. The Kier molecular flexibility index (Phi) is 4.64. The third-order valence-corrected chi connectivity index (χ3v) is 5.02. The number of hydrogen-bond acceptors (Lipinski definition) is 2. The lowest BCUT2D eigenvalue weighted by Gasteiger charge is -2.13. The Labute approximate surface area is 137 Å². The van der Waals surface area contributed by atoms with Crippen LogP contribution in [0.3, 0.4) is 0 Å². The molecule has 3 nitrogen and oxygen atoms in total. The summed E-state index contributed by atoms with van der Waals surface area (Å²) < 4.78 is 65.3. The van der Waals surface area contributed by atoms with E-state index in [4.69, 9.17) is 11.6 Å². The number of alkyl halides is 3. The average Bonchev–Trinajstić information content (AvgIpc) is 2.41. The molecule has 0 saturated carbocycles. The van der Waals surface area contributed by atoms with Gasteiger partial charge in [-0.05, 0) is 55.3 Å². The van der Waals surface area contributed by atoms with Gasteiger partial charge in [0.15, 0.2) is 0 Å². The quantitative estimate of drug-likeness (QED) is 0.853. The van der Waals surface area contributed by atoms with Gasteiger partial charge in [-0.2, -0.15) is 13.2 Å². The molecule has 0 atom stereocenters. The summed E-state index contributed by atoms with van der Waals surface area (Å²) in [5, 5.41) is -0.553. The van der Waals surface area contributed by atoms with Gasteiger partial charge in [-0.25, -0.2) is 8.42 Å². The minimum absolute atomic E-state index is 0.275. The van der Waals surface area contributed by atoms with Crippen molar-refractivity contribution in [2.24, 2.45) is 0 Å². The Morgan fingerprint density at radius 2 is 1.65 bits per heavy atom. The van der Waals surface area contributed by atoms with E-state index < -0.39 is 31.7 Å². The molecule has 2 rings (SSSR count). The van der Waals surface area contributed by atoms with Crippen LogP contribution in [-0.4, -0.2) is 8.42 Å². The highest BCUT2D eigenvalue weighted by atomic mass is 35.5. The molecule has 0 heterocycles. The number of hydrogen-bond donors (Lipinski definition) is 1. The number of aryl methyl sites for hydroxylation is 2. The van der Waals surface area contributed by atoms with Crippen LogP contribution in [0.1, 0.15) is 16.7 Å². The molecule has 0 bridgehead atoms. The second-order valence-corrected chi connectivity index (χ2v) is 7.13. The molecule has 0 saturated heterocycles. The van der Waals surface area contributed by atoms with Crippen molar-refractivity contribution in [3.63, 3.8) is 0 Å². The van der Waals surface area contributed by atoms with E-state index in [-0.39, 0.29) is 5.69 Å². The molecule has 0 aliphatic carbocycles. The molecular formula is C15H13ClF3NO2S. The number of rotatable bonds is 3. The standard InChI is InChI=1S/C15H13ClF3NO2S/c1-9-3-4-11(7-10(9)2)20-23(21,22)12-5-6-14(16)13(8-12)15(17,18)19/h3-8,20H,1-2H3. The van der Waals surface area contributed by atoms with Crippen molar-refractivity contribution >= 4 is 27.3 Å². The topological polar surface area (TPSA) is 46.2 Å². The van der Waals surface area contributed by atoms with Gasteiger partial charge in [0.05, 0.1) is 15.5 Å². The van der Waals surface area contributed by atoms with Crippen molar-refractivity contribution in [1.82, 2.24) is 0 Å². The molecule has 2 aromatic rings. The molecule has 0 radical (unpaired) electrons. The molecule has 0 aromatic heterocycles. The lowest BCUT2D eigenvalue weighted by Crippen LogP contribution is -2.15. The lowest BCUT2D eigenvalue weighted by atomic mass is 10.1. The first-order valence-corrected chi connectivity index (χ1v) is 8.33. The van der Waals surface area contributed by atoms with Gasteiger partial charge >= 0.3 is 6.18 Å². The molecule has 8 heteroatoms. The fourth-order valence-electron chi connectivity index (χ4n) is 1.91. The highest BCUT2D eigenvalue weighted by Crippen LogP contribution is 2.36. The predicted molar refractivity (Wildman–Crippen MR) is 83.2 cm³/mol. The molecule has 1 N–H and O–H groups in total. The van der Waals surface area contributed by atoms with Crippen molar-refractivity contribution in [1.29, 1.82) is 0 Å².